The van der Waals surface area contributed by atoms with E-state index in [0.29, 0.717) is 11.1 Å². The summed E-state index contributed by atoms with van der Waals surface area (Å²) in [6.07, 6.45) is 1.05. The standard InChI is InChI=1S/C17H29N3O5S2/c1-12-10-13(2)15(11-14(12)20(6)26(7,22)23)27(24,25)18-9-8-16(21)19-17(3,4)5/h10-11,18H,8-9H2,1-7H3,(H,19,21). The van der Waals surface area contributed by atoms with Gasteiger partial charge in [-0.3, -0.25) is 9.10 Å². The number of hydrogen-bond acceptors (Lipinski definition) is 5. The number of benzene rings is 1. The molecule has 0 radical (unpaired) electrons. The Hall–Kier alpha value is -1.65. The van der Waals surface area contributed by atoms with Crippen LogP contribution in [0.2, 0.25) is 0 Å². The van der Waals surface area contributed by atoms with Crippen LogP contribution in [-0.4, -0.2) is 48.1 Å². The van der Waals surface area contributed by atoms with Crippen LogP contribution in [0.1, 0.15) is 38.3 Å². The Labute approximate surface area is 162 Å². The minimum Gasteiger partial charge on any atom is -0.351 e. The van der Waals surface area contributed by atoms with Crippen molar-refractivity contribution >= 4 is 31.6 Å². The highest BCUT2D eigenvalue weighted by Crippen LogP contribution is 2.27. The predicted octanol–water partition coefficient (Wildman–Crippen LogP) is 1.28. The summed E-state index contributed by atoms with van der Waals surface area (Å²) in [4.78, 5) is 11.8. The van der Waals surface area contributed by atoms with Crippen LogP contribution in [0.4, 0.5) is 5.69 Å². The molecule has 0 spiro atoms. The van der Waals surface area contributed by atoms with Crippen LogP contribution in [0.25, 0.3) is 0 Å². The maximum atomic E-state index is 12.6. The smallest absolute Gasteiger partial charge is 0.240 e. The van der Waals surface area contributed by atoms with Gasteiger partial charge >= 0.3 is 0 Å². The van der Waals surface area contributed by atoms with Gasteiger partial charge in [0, 0.05) is 25.6 Å². The van der Waals surface area contributed by atoms with Gasteiger partial charge in [-0.15, -0.1) is 0 Å². The van der Waals surface area contributed by atoms with Gasteiger partial charge in [-0.25, -0.2) is 21.6 Å². The summed E-state index contributed by atoms with van der Waals surface area (Å²) in [5, 5.41) is 2.76. The SMILES string of the molecule is Cc1cc(C)c(S(=O)(=O)NCCC(=O)NC(C)(C)C)cc1N(C)S(C)(=O)=O. The number of carbonyl (C=O) groups excluding carboxylic acids is 1. The Bertz CT molecular complexity index is 917. The average molecular weight is 420 g/mol. The third-order valence-corrected chi connectivity index (χ3v) is 6.57. The molecule has 0 aromatic heterocycles. The maximum Gasteiger partial charge on any atom is 0.240 e. The predicted molar refractivity (Wildman–Crippen MR) is 107 cm³/mol. The molecule has 0 aliphatic carbocycles. The molecule has 0 aliphatic rings. The topological polar surface area (TPSA) is 113 Å². The highest BCUT2D eigenvalue weighted by Gasteiger charge is 2.22. The number of hydrogen-bond donors (Lipinski definition) is 2. The largest absolute Gasteiger partial charge is 0.351 e. The molecule has 1 aromatic carbocycles. The first kappa shape index (κ1) is 23.4. The van der Waals surface area contributed by atoms with E-state index in [1.54, 1.807) is 19.9 Å². The van der Waals surface area contributed by atoms with E-state index in [4.69, 9.17) is 0 Å². The van der Waals surface area contributed by atoms with E-state index in [1.807, 2.05) is 20.8 Å². The molecule has 10 heteroatoms. The molecule has 0 saturated heterocycles. The Balaban J connectivity index is 3.05. The van der Waals surface area contributed by atoms with Crippen LogP contribution in [0.5, 0.6) is 0 Å². The third-order valence-electron chi connectivity index (χ3n) is 3.78. The zero-order valence-corrected chi connectivity index (χ0v) is 18.5. The number of nitrogens with one attached hydrogen (secondary N) is 2. The number of sulfonamides is 2. The first-order valence-electron chi connectivity index (χ1n) is 8.40. The molecule has 8 nitrogen and oxygen atoms in total. The number of nitrogens with zero attached hydrogens (tertiary/aromatic N) is 1. The summed E-state index contributed by atoms with van der Waals surface area (Å²) < 4.78 is 52.3. The summed E-state index contributed by atoms with van der Waals surface area (Å²) in [7, 11) is -6.07. The summed E-state index contributed by atoms with van der Waals surface area (Å²) in [5.41, 5.74) is 1.02. The lowest BCUT2D eigenvalue weighted by Crippen LogP contribution is -2.42. The molecule has 0 fully saturated rings. The van der Waals surface area contributed by atoms with Crippen LogP contribution in [0.3, 0.4) is 0 Å². The molecule has 0 saturated carbocycles. The van der Waals surface area contributed by atoms with Gasteiger partial charge in [0.2, 0.25) is 26.0 Å². The second kappa shape index (κ2) is 8.15. The zero-order valence-electron chi connectivity index (χ0n) is 16.9. The number of rotatable bonds is 7. The van der Waals surface area contributed by atoms with E-state index in [1.165, 1.54) is 13.1 Å². The van der Waals surface area contributed by atoms with Gasteiger partial charge in [-0.2, -0.15) is 0 Å². The lowest BCUT2D eigenvalue weighted by Gasteiger charge is -2.21. The van der Waals surface area contributed by atoms with Crippen molar-refractivity contribution < 1.29 is 21.6 Å². The van der Waals surface area contributed by atoms with Crippen molar-refractivity contribution in [3.63, 3.8) is 0 Å². The van der Waals surface area contributed by atoms with Crippen LogP contribution >= 0.6 is 0 Å². The minimum absolute atomic E-state index is 0.00247. The first-order chi connectivity index (χ1) is 12.0. The molecule has 0 bridgehead atoms. The van der Waals surface area contributed by atoms with E-state index in [9.17, 15) is 21.6 Å². The minimum atomic E-state index is -3.90. The quantitative estimate of drug-likeness (QED) is 0.691. The van der Waals surface area contributed by atoms with E-state index in [0.717, 1.165) is 10.6 Å². The number of anilines is 1. The van der Waals surface area contributed by atoms with Gasteiger partial charge < -0.3 is 5.32 Å². The fraction of sp³-hybridized carbons (Fsp3) is 0.588. The van der Waals surface area contributed by atoms with E-state index in [-0.39, 0.29) is 29.5 Å². The molecule has 0 unspecified atom stereocenters. The van der Waals surface area contributed by atoms with Crippen LogP contribution < -0.4 is 14.3 Å². The molecule has 1 rings (SSSR count). The van der Waals surface area contributed by atoms with Crippen molar-refractivity contribution in [1.29, 1.82) is 0 Å². The monoisotopic (exact) mass is 419 g/mol. The molecule has 154 valence electrons. The average Bonchev–Trinajstić information content (AvgIpc) is 2.43. The fourth-order valence-corrected chi connectivity index (χ4v) is 4.32. The summed E-state index contributed by atoms with van der Waals surface area (Å²) in [5.74, 6) is -0.261. The fourth-order valence-electron chi connectivity index (χ4n) is 2.49. The molecule has 27 heavy (non-hydrogen) atoms. The highest BCUT2D eigenvalue weighted by molar-refractivity contribution is 7.92. The summed E-state index contributed by atoms with van der Waals surface area (Å²) in [6, 6.07) is 2.96. The second-order valence-electron chi connectivity index (χ2n) is 7.58. The second-order valence-corrected chi connectivity index (χ2v) is 11.3. The number of carbonyl (C=O) groups is 1. The first-order valence-corrected chi connectivity index (χ1v) is 11.7. The molecule has 1 aromatic rings. The maximum absolute atomic E-state index is 12.6. The van der Waals surface area contributed by atoms with Gasteiger partial charge in [0.15, 0.2) is 0 Å². The molecule has 0 heterocycles. The van der Waals surface area contributed by atoms with Gasteiger partial charge in [-0.05, 0) is 51.8 Å². The van der Waals surface area contributed by atoms with Gasteiger partial charge in [-0.1, -0.05) is 6.07 Å². The van der Waals surface area contributed by atoms with E-state index < -0.39 is 25.6 Å². The van der Waals surface area contributed by atoms with Crippen molar-refractivity contribution in [3.8, 4) is 0 Å². The lowest BCUT2D eigenvalue weighted by atomic mass is 10.1. The van der Waals surface area contributed by atoms with Crippen molar-refractivity contribution in [2.24, 2.45) is 0 Å². The molecular formula is C17H29N3O5S2. The van der Waals surface area contributed by atoms with Gasteiger partial charge in [0.05, 0.1) is 16.8 Å². The summed E-state index contributed by atoms with van der Waals surface area (Å²) in [6.45, 7) is 8.80. The molecular weight excluding hydrogens is 390 g/mol. The Morgan fingerprint density at radius 2 is 1.63 bits per heavy atom. The van der Waals surface area contributed by atoms with Crippen molar-refractivity contribution in [3.05, 3.63) is 23.3 Å². The third kappa shape index (κ3) is 6.78. The van der Waals surface area contributed by atoms with E-state index in [2.05, 4.69) is 10.0 Å². The van der Waals surface area contributed by atoms with Gasteiger partial charge in [0.25, 0.3) is 0 Å². The molecule has 0 atom stereocenters. The normalized spacial score (nSPS) is 12.7. The van der Waals surface area contributed by atoms with Crippen molar-refractivity contribution in [2.75, 3.05) is 24.2 Å². The van der Waals surface area contributed by atoms with Gasteiger partial charge in [0.1, 0.15) is 0 Å². The molecule has 2 N–H and O–H groups in total. The Morgan fingerprint density at radius 3 is 2.11 bits per heavy atom. The zero-order chi connectivity index (χ0) is 21.2. The highest BCUT2D eigenvalue weighted by atomic mass is 32.2. The van der Waals surface area contributed by atoms with Crippen LogP contribution in [0.15, 0.2) is 17.0 Å². The number of amides is 1. The molecule has 0 aliphatic heterocycles. The molecule has 1 amide bonds. The Kier molecular flexibility index (Phi) is 7.06. The van der Waals surface area contributed by atoms with Crippen molar-refractivity contribution in [2.45, 2.75) is 51.5 Å². The number of aryl methyl sites for hydroxylation is 2. The summed E-state index contributed by atoms with van der Waals surface area (Å²) >= 11 is 0. The Morgan fingerprint density at radius 1 is 1.07 bits per heavy atom. The lowest BCUT2D eigenvalue weighted by molar-refractivity contribution is -0.122. The van der Waals surface area contributed by atoms with Crippen molar-refractivity contribution in [1.82, 2.24) is 10.0 Å². The van der Waals surface area contributed by atoms with Crippen LogP contribution in [-0.2, 0) is 24.8 Å². The van der Waals surface area contributed by atoms with Crippen LogP contribution in [0, 0.1) is 13.8 Å². The van der Waals surface area contributed by atoms with E-state index >= 15 is 0 Å².